The van der Waals surface area contributed by atoms with Crippen molar-refractivity contribution in [3.63, 3.8) is 0 Å². The smallest absolute Gasteiger partial charge is 0.140 e. The zero-order valence-corrected chi connectivity index (χ0v) is 12.2. The molecule has 0 aliphatic heterocycles. The van der Waals surface area contributed by atoms with E-state index in [0.717, 1.165) is 24.2 Å². The second-order valence-corrected chi connectivity index (χ2v) is 6.77. The van der Waals surface area contributed by atoms with Crippen LogP contribution in [0, 0.1) is 24.2 Å². The normalized spacial score (nSPS) is 35.7. The van der Waals surface area contributed by atoms with Crippen molar-refractivity contribution in [2.75, 3.05) is 0 Å². The van der Waals surface area contributed by atoms with Crippen LogP contribution < -0.4 is 4.74 Å². The maximum Gasteiger partial charge on any atom is 0.140 e. The minimum atomic E-state index is -0.306. The maximum absolute atomic E-state index is 12.1. The summed E-state index contributed by atoms with van der Waals surface area (Å²) in [6.45, 7) is 8.60. The number of aryl methyl sites for hydroxylation is 1. The minimum absolute atomic E-state index is 0.00731. The topological polar surface area (TPSA) is 26.3 Å². The Kier molecular flexibility index (Phi) is 2.57. The molecule has 3 unspecified atom stereocenters. The average molecular weight is 258 g/mol. The van der Waals surface area contributed by atoms with Crippen LogP contribution in [0.2, 0.25) is 0 Å². The first-order valence-corrected chi connectivity index (χ1v) is 7.16. The van der Waals surface area contributed by atoms with E-state index in [1.165, 1.54) is 0 Å². The van der Waals surface area contributed by atoms with Crippen molar-refractivity contribution in [3.05, 3.63) is 29.8 Å². The lowest BCUT2D eigenvalue weighted by molar-refractivity contribution is -0.227. The SMILES string of the molecule is Cc1ccccc1OC12CC(CC(=O)C1C)C2(C)C. The quantitative estimate of drug-likeness (QED) is 0.807. The van der Waals surface area contributed by atoms with Crippen molar-refractivity contribution in [1.29, 1.82) is 0 Å². The Morgan fingerprint density at radius 1 is 1.26 bits per heavy atom. The maximum atomic E-state index is 12.1. The molecule has 0 N–H and O–H groups in total. The Morgan fingerprint density at radius 3 is 2.58 bits per heavy atom. The van der Waals surface area contributed by atoms with E-state index in [2.05, 4.69) is 26.8 Å². The summed E-state index contributed by atoms with van der Waals surface area (Å²) in [6, 6.07) is 8.09. The van der Waals surface area contributed by atoms with Gasteiger partial charge in [0.1, 0.15) is 17.1 Å². The van der Waals surface area contributed by atoms with E-state index in [9.17, 15) is 4.79 Å². The standard InChI is InChI=1S/C17H22O2/c1-11-7-5-6-8-15(11)19-17-10-13(16(17,3)4)9-14(18)12(17)2/h5-8,12-13H,9-10H2,1-4H3. The molecule has 2 nitrogen and oxygen atoms in total. The summed E-state index contributed by atoms with van der Waals surface area (Å²) < 4.78 is 6.42. The van der Waals surface area contributed by atoms with E-state index in [0.29, 0.717) is 11.7 Å². The first kappa shape index (κ1) is 12.7. The molecule has 3 aliphatic carbocycles. The van der Waals surface area contributed by atoms with Crippen molar-refractivity contribution >= 4 is 5.78 Å². The number of hydrogen-bond acceptors (Lipinski definition) is 2. The second-order valence-electron chi connectivity index (χ2n) is 6.77. The Balaban J connectivity index is 1.98. The van der Waals surface area contributed by atoms with Crippen LogP contribution in [-0.2, 0) is 4.79 Å². The molecule has 3 atom stereocenters. The molecule has 0 spiro atoms. The highest BCUT2D eigenvalue weighted by molar-refractivity contribution is 5.85. The number of benzene rings is 1. The number of ketones is 1. The molecular formula is C17H22O2. The van der Waals surface area contributed by atoms with Crippen molar-refractivity contribution in [1.82, 2.24) is 0 Å². The molecule has 4 rings (SSSR count). The largest absolute Gasteiger partial charge is 0.486 e. The van der Waals surface area contributed by atoms with Gasteiger partial charge in [-0.1, -0.05) is 39.0 Å². The van der Waals surface area contributed by atoms with Crippen molar-refractivity contribution in [2.24, 2.45) is 17.3 Å². The fourth-order valence-corrected chi connectivity index (χ4v) is 3.97. The fourth-order valence-electron chi connectivity index (χ4n) is 3.97. The molecule has 3 aliphatic rings. The zero-order valence-electron chi connectivity index (χ0n) is 12.2. The summed E-state index contributed by atoms with van der Waals surface area (Å²) in [5, 5.41) is 0. The number of fused-ring (bicyclic) bond motifs is 2. The van der Waals surface area contributed by atoms with Crippen LogP contribution in [0.4, 0.5) is 0 Å². The molecule has 0 amide bonds. The van der Waals surface area contributed by atoms with Gasteiger partial charge in [-0.25, -0.2) is 0 Å². The van der Waals surface area contributed by atoms with Gasteiger partial charge in [0.15, 0.2) is 0 Å². The second kappa shape index (κ2) is 3.84. The van der Waals surface area contributed by atoms with Crippen LogP contribution in [0.1, 0.15) is 39.2 Å². The van der Waals surface area contributed by atoms with Gasteiger partial charge < -0.3 is 4.74 Å². The molecule has 0 radical (unpaired) electrons. The van der Waals surface area contributed by atoms with Crippen molar-refractivity contribution in [2.45, 2.75) is 46.1 Å². The average Bonchev–Trinajstić information content (AvgIpc) is 2.36. The van der Waals surface area contributed by atoms with E-state index in [1.54, 1.807) is 0 Å². The summed E-state index contributed by atoms with van der Waals surface area (Å²) >= 11 is 0. The Hall–Kier alpha value is -1.31. The van der Waals surface area contributed by atoms with Gasteiger partial charge in [-0.2, -0.15) is 0 Å². The van der Waals surface area contributed by atoms with Gasteiger partial charge >= 0.3 is 0 Å². The third-order valence-electron chi connectivity index (χ3n) is 5.68. The van der Waals surface area contributed by atoms with Gasteiger partial charge in [0.05, 0.1) is 5.92 Å². The molecule has 102 valence electrons. The number of para-hydroxylation sites is 1. The van der Waals surface area contributed by atoms with E-state index < -0.39 is 0 Å². The van der Waals surface area contributed by atoms with Crippen LogP contribution in [0.5, 0.6) is 5.75 Å². The molecule has 1 aromatic rings. The lowest BCUT2D eigenvalue weighted by atomic mass is 9.42. The number of rotatable bonds is 2. The fraction of sp³-hybridized carbons (Fsp3) is 0.588. The zero-order chi connectivity index (χ0) is 13.8. The van der Waals surface area contributed by atoms with Crippen LogP contribution >= 0.6 is 0 Å². The third-order valence-corrected chi connectivity index (χ3v) is 5.68. The van der Waals surface area contributed by atoms with Gasteiger partial charge in [0, 0.05) is 11.8 Å². The molecule has 0 saturated heterocycles. The monoisotopic (exact) mass is 258 g/mol. The Labute approximate surface area is 115 Å². The summed E-state index contributed by atoms with van der Waals surface area (Å²) in [5.74, 6) is 1.77. The molecule has 0 aromatic heterocycles. The first-order valence-electron chi connectivity index (χ1n) is 7.16. The lowest BCUT2D eigenvalue weighted by Gasteiger charge is -2.66. The van der Waals surface area contributed by atoms with E-state index in [4.69, 9.17) is 4.74 Å². The van der Waals surface area contributed by atoms with Gasteiger partial charge in [-0.3, -0.25) is 4.79 Å². The highest BCUT2D eigenvalue weighted by atomic mass is 16.5. The molecule has 2 bridgehead atoms. The molecule has 3 fully saturated rings. The predicted octanol–water partition coefficient (Wildman–Crippen LogP) is 3.77. The molecule has 2 heteroatoms. The van der Waals surface area contributed by atoms with Crippen LogP contribution in [0.15, 0.2) is 24.3 Å². The molecule has 19 heavy (non-hydrogen) atoms. The van der Waals surface area contributed by atoms with E-state index >= 15 is 0 Å². The van der Waals surface area contributed by atoms with Crippen molar-refractivity contribution < 1.29 is 9.53 Å². The molecular weight excluding hydrogens is 236 g/mol. The van der Waals surface area contributed by atoms with Crippen LogP contribution in [-0.4, -0.2) is 11.4 Å². The minimum Gasteiger partial charge on any atom is -0.486 e. The highest BCUT2D eigenvalue weighted by Crippen LogP contribution is 2.64. The summed E-state index contributed by atoms with van der Waals surface area (Å²) in [5.41, 5.74) is 0.920. The van der Waals surface area contributed by atoms with Gasteiger partial charge in [0.2, 0.25) is 0 Å². The van der Waals surface area contributed by atoms with Crippen LogP contribution in [0.25, 0.3) is 0 Å². The number of carbonyl (C=O) groups excluding carboxylic acids is 1. The third kappa shape index (κ3) is 1.52. The van der Waals surface area contributed by atoms with Gasteiger partial charge in [-0.05, 0) is 30.9 Å². The number of hydrogen-bond donors (Lipinski definition) is 0. The van der Waals surface area contributed by atoms with Gasteiger partial charge in [-0.15, -0.1) is 0 Å². The number of Topliss-reactive ketones (excluding diaryl/α,β-unsaturated/α-hetero) is 1. The van der Waals surface area contributed by atoms with Gasteiger partial charge in [0.25, 0.3) is 0 Å². The summed E-state index contributed by atoms with van der Waals surface area (Å²) in [7, 11) is 0. The van der Waals surface area contributed by atoms with Crippen LogP contribution in [0.3, 0.4) is 0 Å². The highest BCUT2D eigenvalue weighted by Gasteiger charge is 2.69. The lowest BCUT2D eigenvalue weighted by Crippen LogP contribution is -2.72. The Morgan fingerprint density at radius 2 is 1.95 bits per heavy atom. The number of carbonyl (C=O) groups is 1. The van der Waals surface area contributed by atoms with E-state index in [1.807, 2.05) is 25.1 Å². The Bertz CT molecular complexity index is 532. The predicted molar refractivity (Wildman–Crippen MR) is 75.2 cm³/mol. The molecule has 3 saturated carbocycles. The summed E-state index contributed by atoms with van der Waals surface area (Å²) in [4.78, 5) is 12.1. The number of ether oxygens (including phenoxy) is 1. The van der Waals surface area contributed by atoms with E-state index in [-0.39, 0.29) is 16.9 Å². The van der Waals surface area contributed by atoms with Crippen molar-refractivity contribution in [3.8, 4) is 5.75 Å². The first-order chi connectivity index (χ1) is 8.88. The molecule has 1 aromatic carbocycles. The molecule has 0 heterocycles. The summed E-state index contributed by atoms with van der Waals surface area (Å²) in [6.07, 6.45) is 1.74.